The number of nitrogens with one attached hydrogen (secondary N) is 1. The van der Waals surface area contributed by atoms with Crippen LogP contribution in [0.15, 0.2) is 46.3 Å². The van der Waals surface area contributed by atoms with E-state index >= 15 is 0 Å². The molecule has 0 aromatic heterocycles. The van der Waals surface area contributed by atoms with E-state index in [2.05, 4.69) is 52.1 Å². The lowest BCUT2D eigenvalue weighted by Gasteiger charge is -2.70. The Labute approximate surface area is 267 Å². The number of carbonyl (C=O) groups excluding carboxylic acids is 3. The highest BCUT2D eigenvalue weighted by Gasteiger charge is 2.67. The lowest BCUT2D eigenvalue weighted by atomic mass is 9.35. The Morgan fingerprint density at radius 3 is 2.49 bits per heavy atom. The van der Waals surface area contributed by atoms with E-state index in [1.807, 2.05) is 6.92 Å². The number of hydrogen-bond donors (Lipinski definition) is 2. The minimum atomic E-state index is -0.580. The van der Waals surface area contributed by atoms with Crippen LogP contribution in [0.5, 0.6) is 0 Å². The molecule has 2 amide bonds. The predicted molar refractivity (Wildman–Crippen MR) is 170 cm³/mol. The topological polar surface area (TPSA) is 105 Å². The van der Waals surface area contributed by atoms with Gasteiger partial charge in [0.15, 0.2) is 12.0 Å². The minimum absolute atomic E-state index is 0.0352. The maximum atomic E-state index is 13.7. The number of aliphatic hydroxyl groups is 1. The number of ether oxygens (including phenoxy) is 2. The number of hydrogen-bond acceptors (Lipinski definition) is 6. The van der Waals surface area contributed by atoms with Crippen molar-refractivity contribution in [1.82, 2.24) is 10.2 Å². The van der Waals surface area contributed by atoms with Crippen LogP contribution in [-0.4, -0.2) is 65.2 Å². The van der Waals surface area contributed by atoms with E-state index in [0.717, 1.165) is 68.9 Å². The van der Waals surface area contributed by atoms with Gasteiger partial charge in [-0.2, -0.15) is 0 Å². The molecule has 5 fully saturated rings. The highest BCUT2D eigenvalue weighted by Crippen LogP contribution is 2.75. The van der Waals surface area contributed by atoms with Gasteiger partial charge in [-0.05, 0) is 111 Å². The molecule has 2 unspecified atom stereocenters. The molecule has 3 saturated carbocycles. The second-order valence-corrected chi connectivity index (χ2v) is 16.5. The molecule has 7 rings (SSSR count). The molecule has 2 aliphatic heterocycles. The molecule has 0 radical (unpaired) electrons. The second-order valence-electron chi connectivity index (χ2n) is 16.5. The Kier molecular flexibility index (Phi) is 6.80. The lowest BCUT2D eigenvalue weighted by molar-refractivity contribution is -0.172. The standard InChI is InChI=1S/C37H50N2O6/c1-21-23-9-11-27-35(4,24(23)18-26(40)29(21)41)15-17-37(6)28-19-34(3,14-12-33(28,2)13-16-36(27,37)5)39(7)31(43)30(42)38-25-10-8-22-20-44-32(25)45-22/h9,11,18,22,25,28,32,41H,8,10,12-17,19-20H2,1-7H3,(H,38,42)/t22-,25?,28?,32+,33-,34-,35+,36-,37+/m1/s1. The van der Waals surface area contributed by atoms with Crippen molar-refractivity contribution < 1.29 is 29.0 Å². The third-order valence-corrected chi connectivity index (χ3v) is 14.4. The number of rotatable bonds is 2. The molecule has 2 N–H and O–H groups in total. The summed E-state index contributed by atoms with van der Waals surface area (Å²) in [5.74, 6) is -1.17. The zero-order chi connectivity index (χ0) is 32.3. The molecule has 9 atom stereocenters. The molecule has 0 aromatic rings. The third kappa shape index (κ3) is 4.19. The van der Waals surface area contributed by atoms with Crippen LogP contribution in [0.1, 0.15) is 99.3 Å². The summed E-state index contributed by atoms with van der Waals surface area (Å²) >= 11 is 0. The maximum absolute atomic E-state index is 13.7. The molecule has 2 bridgehead atoms. The number of carbonyl (C=O) groups is 3. The van der Waals surface area contributed by atoms with E-state index < -0.39 is 23.6 Å². The summed E-state index contributed by atoms with van der Waals surface area (Å²) in [6.07, 6.45) is 14.1. The van der Waals surface area contributed by atoms with Gasteiger partial charge in [0.2, 0.25) is 5.78 Å². The molecule has 2 heterocycles. The molecule has 8 nitrogen and oxygen atoms in total. The van der Waals surface area contributed by atoms with Crippen molar-refractivity contribution in [1.29, 1.82) is 0 Å². The van der Waals surface area contributed by atoms with Crippen LogP contribution in [0, 0.1) is 27.6 Å². The maximum Gasteiger partial charge on any atom is 0.312 e. The quantitative estimate of drug-likeness (QED) is 0.377. The molecule has 5 aliphatic carbocycles. The molecule has 2 saturated heterocycles. The van der Waals surface area contributed by atoms with Crippen molar-refractivity contribution in [3.8, 4) is 0 Å². The summed E-state index contributed by atoms with van der Waals surface area (Å²) in [7, 11) is 1.81. The fourth-order valence-electron chi connectivity index (χ4n) is 10.8. The van der Waals surface area contributed by atoms with Crippen LogP contribution in [0.2, 0.25) is 0 Å². The van der Waals surface area contributed by atoms with Crippen molar-refractivity contribution >= 4 is 17.6 Å². The molecule has 8 heteroatoms. The molecule has 244 valence electrons. The summed E-state index contributed by atoms with van der Waals surface area (Å²) < 4.78 is 11.5. The van der Waals surface area contributed by atoms with Gasteiger partial charge in [-0.1, -0.05) is 45.4 Å². The minimum Gasteiger partial charge on any atom is -0.504 e. The first-order chi connectivity index (χ1) is 21.1. The lowest BCUT2D eigenvalue weighted by Crippen LogP contribution is -2.65. The molecule has 45 heavy (non-hydrogen) atoms. The molecular formula is C37H50N2O6. The van der Waals surface area contributed by atoms with Crippen molar-refractivity contribution in [3.05, 3.63) is 46.3 Å². The largest absolute Gasteiger partial charge is 0.504 e. The normalized spacial score (nSPS) is 45.2. The van der Waals surface area contributed by atoms with Crippen LogP contribution < -0.4 is 5.32 Å². The Hall–Kier alpha value is -2.71. The van der Waals surface area contributed by atoms with E-state index in [-0.39, 0.29) is 45.3 Å². The summed E-state index contributed by atoms with van der Waals surface area (Å²) in [6.45, 7) is 14.2. The smallest absolute Gasteiger partial charge is 0.312 e. The van der Waals surface area contributed by atoms with Crippen molar-refractivity contribution in [3.63, 3.8) is 0 Å². The predicted octanol–water partition coefficient (Wildman–Crippen LogP) is 5.84. The third-order valence-electron chi connectivity index (χ3n) is 14.4. The highest BCUT2D eigenvalue weighted by molar-refractivity contribution is 6.35. The van der Waals surface area contributed by atoms with Gasteiger partial charge in [-0.25, -0.2) is 0 Å². The van der Waals surface area contributed by atoms with Crippen LogP contribution >= 0.6 is 0 Å². The first kappa shape index (κ1) is 30.9. The average Bonchev–Trinajstić information content (AvgIpc) is 3.40. The van der Waals surface area contributed by atoms with E-state index in [1.54, 1.807) is 18.0 Å². The highest BCUT2D eigenvalue weighted by atomic mass is 16.7. The Morgan fingerprint density at radius 2 is 1.73 bits per heavy atom. The summed E-state index contributed by atoms with van der Waals surface area (Å²) in [5.41, 5.74) is 3.35. The monoisotopic (exact) mass is 618 g/mol. The Balaban J connectivity index is 1.17. The van der Waals surface area contributed by atoms with Gasteiger partial charge < -0.3 is 24.8 Å². The fraction of sp³-hybridized carbons (Fsp3) is 0.703. The van der Waals surface area contributed by atoms with Gasteiger partial charge in [-0.15, -0.1) is 0 Å². The first-order valence-electron chi connectivity index (χ1n) is 17.0. The molecule has 7 aliphatic rings. The number of nitrogens with zero attached hydrogens (tertiary/aromatic N) is 1. The number of amides is 2. The number of likely N-dealkylation sites (N-methyl/N-ethyl adjacent to an activating group) is 1. The average molecular weight is 619 g/mol. The summed E-state index contributed by atoms with van der Waals surface area (Å²) in [5, 5.41) is 13.4. The van der Waals surface area contributed by atoms with Crippen LogP contribution in [0.25, 0.3) is 0 Å². The summed E-state index contributed by atoms with van der Waals surface area (Å²) in [4.78, 5) is 41.5. The van der Waals surface area contributed by atoms with Gasteiger partial charge >= 0.3 is 11.8 Å². The molecule has 0 aromatic carbocycles. The van der Waals surface area contributed by atoms with Crippen LogP contribution in [0.4, 0.5) is 0 Å². The number of fused-ring (bicyclic) bond motifs is 9. The van der Waals surface area contributed by atoms with E-state index in [9.17, 15) is 19.5 Å². The molecule has 0 spiro atoms. The number of aliphatic hydroxyl groups excluding tert-OH is 1. The van der Waals surface area contributed by atoms with Crippen molar-refractivity contribution in [2.75, 3.05) is 13.7 Å². The number of ketones is 1. The van der Waals surface area contributed by atoms with E-state index in [0.29, 0.717) is 18.1 Å². The Morgan fingerprint density at radius 1 is 1.00 bits per heavy atom. The Bertz CT molecular complexity index is 1510. The van der Waals surface area contributed by atoms with Crippen LogP contribution in [-0.2, 0) is 23.9 Å². The fourth-order valence-corrected chi connectivity index (χ4v) is 10.8. The van der Waals surface area contributed by atoms with Gasteiger partial charge in [0.05, 0.1) is 18.8 Å². The van der Waals surface area contributed by atoms with Crippen LogP contribution in [0.3, 0.4) is 0 Å². The van der Waals surface area contributed by atoms with Gasteiger partial charge in [-0.3, -0.25) is 14.4 Å². The van der Waals surface area contributed by atoms with Gasteiger partial charge in [0.25, 0.3) is 0 Å². The van der Waals surface area contributed by atoms with E-state index in [1.165, 1.54) is 5.57 Å². The van der Waals surface area contributed by atoms with Crippen molar-refractivity contribution in [2.45, 2.75) is 123 Å². The zero-order valence-corrected chi connectivity index (χ0v) is 28.0. The van der Waals surface area contributed by atoms with Crippen molar-refractivity contribution in [2.24, 2.45) is 27.6 Å². The van der Waals surface area contributed by atoms with Gasteiger partial charge in [0, 0.05) is 23.6 Å². The summed E-state index contributed by atoms with van der Waals surface area (Å²) in [6, 6.07) is -0.304. The van der Waals surface area contributed by atoms with Gasteiger partial charge in [0.1, 0.15) is 0 Å². The number of allylic oxidation sites excluding steroid dienone is 7. The second kappa shape index (κ2) is 9.90. The first-order valence-corrected chi connectivity index (χ1v) is 17.0. The van der Waals surface area contributed by atoms with E-state index in [4.69, 9.17) is 9.47 Å². The molecular weight excluding hydrogens is 568 g/mol. The zero-order valence-electron chi connectivity index (χ0n) is 28.0. The SMILES string of the molecule is CC1=C(O)C(=O)C=C2C1=CC=C1[C@@]2(C)CC[C@@]2(C)C3C[C@](C)(N(C)C(=O)C(=O)NC4CC[C@@H]5CO[C@H]4O5)CC[C@]3(C)CC[C@]12C.